The predicted molar refractivity (Wildman–Crippen MR) is 135 cm³/mol. The van der Waals surface area contributed by atoms with Crippen molar-refractivity contribution in [3.8, 4) is 0 Å². The van der Waals surface area contributed by atoms with Gasteiger partial charge in [0.15, 0.2) is 5.96 Å². The van der Waals surface area contributed by atoms with E-state index in [0.717, 1.165) is 18.5 Å². The van der Waals surface area contributed by atoms with Gasteiger partial charge in [0.25, 0.3) is 0 Å². The number of guanidine groups is 1. The highest BCUT2D eigenvalue weighted by Gasteiger charge is 2.13. The molecule has 0 radical (unpaired) electrons. The van der Waals surface area contributed by atoms with E-state index in [1.165, 1.54) is 18.2 Å². The summed E-state index contributed by atoms with van der Waals surface area (Å²) in [6.45, 7) is 7.97. The molecule has 0 atom stereocenters. The number of nitrogens with zero attached hydrogens (tertiary/aromatic N) is 1. The molecule has 6 nitrogen and oxygen atoms in total. The van der Waals surface area contributed by atoms with Crippen LogP contribution in [-0.2, 0) is 28.4 Å². The van der Waals surface area contributed by atoms with Gasteiger partial charge >= 0.3 is 0 Å². The first-order chi connectivity index (χ1) is 13.7. The van der Waals surface area contributed by atoms with Crippen LogP contribution in [0.3, 0.4) is 0 Å². The molecule has 0 aliphatic rings. The van der Waals surface area contributed by atoms with Crippen molar-refractivity contribution < 1.29 is 8.42 Å². The summed E-state index contributed by atoms with van der Waals surface area (Å²) in [4.78, 5) is 4.49. The molecule has 0 bridgehead atoms. The fourth-order valence-electron chi connectivity index (χ4n) is 2.81. The van der Waals surface area contributed by atoms with Crippen LogP contribution in [0.2, 0.25) is 0 Å². The van der Waals surface area contributed by atoms with Crippen LogP contribution in [-0.4, -0.2) is 35.0 Å². The van der Waals surface area contributed by atoms with E-state index in [1.54, 1.807) is 31.3 Å². The molecular formula is C22H33IN4O2S. The quantitative estimate of drug-likeness (QED) is 0.284. The Morgan fingerprint density at radius 1 is 0.933 bits per heavy atom. The topological polar surface area (TPSA) is 82.6 Å². The number of nitrogens with one attached hydrogen (secondary N) is 3. The van der Waals surface area contributed by atoms with Gasteiger partial charge in [0.2, 0.25) is 10.0 Å². The maximum Gasteiger partial charge on any atom is 0.240 e. The van der Waals surface area contributed by atoms with Gasteiger partial charge in [-0.05, 0) is 47.7 Å². The van der Waals surface area contributed by atoms with Gasteiger partial charge in [-0.1, -0.05) is 57.2 Å². The molecule has 30 heavy (non-hydrogen) atoms. The standard InChI is InChI=1S/C22H32N4O2S.HI/c1-22(2,3)19-10-6-17(7-11-19)14-15-25-21(23-4)26-16-18-8-12-20(13-9-18)29(27,28)24-5;/h6-13,24H,14-16H2,1-5H3,(H2,23,25,26);1H. The first-order valence-electron chi connectivity index (χ1n) is 9.72. The Balaban J connectivity index is 0.00000450. The number of rotatable bonds is 7. The van der Waals surface area contributed by atoms with Gasteiger partial charge in [-0.3, -0.25) is 4.99 Å². The van der Waals surface area contributed by atoms with Crippen LogP contribution in [0.1, 0.15) is 37.5 Å². The van der Waals surface area contributed by atoms with E-state index in [1.807, 2.05) is 0 Å². The third-order valence-corrected chi connectivity index (χ3v) is 6.14. The number of benzene rings is 2. The molecule has 0 aliphatic carbocycles. The van der Waals surface area contributed by atoms with Crippen LogP contribution in [0.4, 0.5) is 0 Å². The number of hydrogen-bond acceptors (Lipinski definition) is 3. The molecule has 2 aromatic rings. The molecule has 0 aliphatic heterocycles. The van der Waals surface area contributed by atoms with E-state index in [-0.39, 0.29) is 34.3 Å². The summed E-state index contributed by atoms with van der Waals surface area (Å²) in [5.41, 5.74) is 3.75. The van der Waals surface area contributed by atoms with Crippen LogP contribution in [0.15, 0.2) is 58.4 Å². The minimum atomic E-state index is -3.41. The van der Waals surface area contributed by atoms with Crippen molar-refractivity contribution in [3.63, 3.8) is 0 Å². The Kier molecular flexibility index (Phi) is 10.3. The van der Waals surface area contributed by atoms with Gasteiger partial charge in [-0.2, -0.15) is 0 Å². The van der Waals surface area contributed by atoms with Gasteiger partial charge in [-0.25, -0.2) is 13.1 Å². The molecule has 166 valence electrons. The van der Waals surface area contributed by atoms with E-state index >= 15 is 0 Å². The largest absolute Gasteiger partial charge is 0.356 e. The summed E-state index contributed by atoms with van der Waals surface area (Å²) in [6, 6.07) is 15.5. The van der Waals surface area contributed by atoms with E-state index in [9.17, 15) is 8.42 Å². The molecule has 3 N–H and O–H groups in total. The molecule has 0 aromatic heterocycles. The normalized spacial score (nSPS) is 12.2. The summed E-state index contributed by atoms with van der Waals surface area (Å²) >= 11 is 0. The average molecular weight is 545 g/mol. The first kappa shape index (κ1) is 26.4. The Morgan fingerprint density at radius 3 is 2.00 bits per heavy atom. The zero-order chi connectivity index (χ0) is 21.5. The highest BCUT2D eigenvalue weighted by atomic mass is 127. The number of aliphatic imine (C=N–C) groups is 1. The highest BCUT2D eigenvalue weighted by molar-refractivity contribution is 14.0. The number of hydrogen-bond donors (Lipinski definition) is 3. The third-order valence-electron chi connectivity index (χ3n) is 4.71. The summed E-state index contributed by atoms with van der Waals surface area (Å²) in [5, 5.41) is 6.56. The van der Waals surface area contributed by atoms with Crippen molar-refractivity contribution in [2.24, 2.45) is 4.99 Å². The molecule has 2 aromatic carbocycles. The van der Waals surface area contributed by atoms with Crippen molar-refractivity contribution in [3.05, 3.63) is 65.2 Å². The fourth-order valence-corrected chi connectivity index (χ4v) is 3.54. The van der Waals surface area contributed by atoms with Crippen LogP contribution in [0, 0.1) is 0 Å². The zero-order valence-electron chi connectivity index (χ0n) is 18.3. The molecule has 0 amide bonds. The molecule has 0 fully saturated rings. The highest BCUT2D eigenvalue weighted by Crippen LogP contribution is 2.22. The van der Waals surface area contributed by atoms with Crippen LogP contribution in [0.5, 0.6) is 0 Å². The first-order valence-corrected chi connectivity index (χ1v) is 11.2. The van der Waals surface area contributed by atoms with E-state index in [4.69, 9.17) is 0 Å². The monoisotopic (exact) mass is 544 g/mol. The van der Waals surface area contributed by atoms with Gasteiger partial charge in [-0.15, -0.1) is 24.0 Å². The molecular weight excluding hydrogens is 511 g/mol. The molecule has 8 heteroatoms. The van der Waals surface area contributed by atoms with Crippen LogP contribution < -0.4 is 15.4 Å². The zero-order valence-corrected chi connectivity index (χ0v) is 21.5. The van der Waals surface area contributed by atoms with Crippen LogP contribution >= 0.6 is 24.0 Å². The van der Waals surface area contributed by atoms with Crippen molar-refractivity contribution in [1.82, 2.24) is 15.4 Å². The van der Waals surface area contributed by atoms with Gasteiger partial charge in [0.1, 0.15) is 0 Å². The van der Waals surface area contributed by atoms with Crippen molar-refractivity contribution in [2.75, 3.05) is 20.6 Å². The SMILES string of the molecule is CN=C(NCCc1ccc(C(C)(C)C)cc1)NCc1ccc(S(=O)(=O)NC)cc1.I. The van der Waals surface area contributed by atoms with E-state index in [0.29, 0.717) is 12.5 Å². The lowest BCUT2D eigenvalue weighted by Crippen LogP contribution is -2.37. The van der Waals surface area contributed by atoms with Crippen molar-refractivity contribution in [1.29, 1.82) is 0 Å². The minimum Gasteiger partial charge on any atom is -0.356 e. The fraction of sp³-hybridized carbons (Fsp3) is 0.409. The van der Waals surface area contributed by atoms with Gasteiger partial charge in [0.05, 0.1) is 4.90 Å². The second-order valence-electron chi connectivity index (χ2n) is 7.90. The second kappa shape index (κ2) is 11.7. The van der Waals surface area contributed by atoms with E-state index < -0.39 is 10.0 Å². The maximum absolute atomic E-state index is 11.8. The average Bonchev–Trinajstić information content (AvgIpc) is 2.70. The predicted octanol–water partition coefficient (Wildman–Crippen LogP) is 3.42. The van der Waals surface area contributed by atoms with Crippen molar-refractivity contribution in [2.45, 2.75) is 44.0 Å². The molecule has 0 saturated carbocycles. The van der Waals surface area contributed by atoms with Crippen LogP contribution in [0.25, 0.3) is 0 Å². The summed E-state index contributed by atoms with van der Waals surface area (Å²) in [5.74, 6) is 0.711. The lowest BCUT2D eigenvalue weighted by Gasteiger charge is -2.19. The Labute approximate surface area is 198 Å². The lowest BCUT2D eigenvalue weighted by atomic mass is 9.86. The molecule has 0 unspecified atom stereocenters. The summed E-state index contributed by atoms with van der Waals surface area (Å²) in [7, 11) is -0.272. The number of halogens is 1. The molecule has 0 heterocycles. The van der Waals surface area contributed by atoms with Gasteiger partial charge in [0, 0.05) is 20.1 Å². The smallest absolute Gasteiger partial charge is 0.240 e. The maximum atomic E-state index is 11.8. The Bertz CT molecular complexity index is 919. The summed E-state index contributed by atoms with van der Waals surface area (Å²) < 4.78 is 25.9. The molecule has 0 saturated heterocycles. The summed E-state index contributed by atoms with van der Waals surface area (Å²) in [6.07, 6.45) is 0.904. The Morgan fingerprint density at radius 2 is 1.50 bits per heavy atom. The molecule has 2 rings (SSSR count). The third kappa shape index (κ3) is 7.88. The van der Waals surface area contributed by atoms with Crippen molar-refractivity contribution >= 4 is 40.0 Å². The molecule has 0 spiro atoms. The number of sulfonamides is 1. The lowest BCUT2D eigenvalue weighted by molar-refractivity contribution is 0.588. The Hall–Kier alpha value is -1.65. The van der Waals surface area contributed by atoms with Gasteiger partial charge < -0.3 is 10.6 Å². The second-order valence-corrected chi connectivity index (χ2v) is 9.79. The minimum absolute atomic E-state index is 0. The van der Waals surface area contributed by atoms with E-state index in [2.05, 4.69) is 65.4 Å².